The van der Waals surface area contributed by atoms with Gasteiger partial charge >= 0.3 is 5.69 Å². The van der Waals surface area contributed by atoms with E-state index in [0.717, 1.165) is 28.0 Å². The van der Waals surface area contributed by atoms with Crippen molar-refractivity contribution < 1.29 is 5.11 Å². The molecule has 3 N–H and O–H groups in total. The zero-order chi connectivity index (χ0) is 19.7. The molecule has 0 aliphatic carbocycles. The highest BCUT2D eigenvalue weighted by molar-refractivity contribution is 6.17. The highest BCUT2D eigenvalue weighted by Gasteiger charge is 2.16. The van der Waals surface area contributed by atoms with Crippen LogP contribution in [0.1, 0.15) is 22.3 Å². The zero-order valence-corrected chi connectivity index (χ0v) is 15.1. The summed E-state index contributed by atoms with van der Waals surface area (Å²) in [6.07, 6.45) is 5.34. The number of rotatable bonds is 3. The van der Waals surface area contributed by atoms with Crippen molar-refractivity contribution in [1.82, 2.24) is 9.97 Å². The van der Waals surface area contributed by atoms with E-state index in [1.807, 2.05) is 61.5 Å². The lowest BCUT2D eigenvalue weighted by atomic mass is 9.97. The number of aromatic nitrogens is 2. The minimum absolute atomic E-state index is 0.00326. The number of nitrogens with one attached hydrogen (secondary N) is 2. The molecule has 0 radical (unpaired) electrons. The quantitative estimate of drug-likeness (QED) is 0.659. The molecule has 0 saturated carbocycles. The number of aromatic amines is 2. The highest BCUT2D eigenvalue weighted by Crippen LogP contribution is 2.32. The van der Waals surface area contributed by atoms with Gasteiger partial charge in [-0.25, -0.2) is 4.79 Å². The molecule has 6 heteroatoms. The summed E-state index contributed by atoms with van der Waals surface area (Å²) in [5.41, 5.74) is 3.63. The second-order valence-electron chi connectivity index (χ2n) is 6.48. The minimum atomic E-state index is -0.760. The summed E-state index contributed by atoms with van der Waals surface area (Å²) >= 11 is 0. The van der Waals surface area contributed by atoms with Crippen molar-refractivity contribution in [2.24, 2.45) is 4.99 Å². The van der Waals surface area contributed by atoms with E-state index in [1.165, 1.54) is 0 Å². The summed E-state index contributed by atoms with van der Waals surface area (Å²) in [6.45, 7) is 1.96. The van der Waals surface area contributed by atoms with Crippen LogP contribution in [0, 0.1) is 6.92 Å². The van der Waals surface area contributed by atoms with Crippen LogP contribution >= 0.6 is 0 Å². The van der Waals surface area contributed by atoms with Crippen molar-refractivity contribution >= 4 is 23.0 Å². The molecule has 28 heavy (non-hydrogen) atoms. The van der Waals surface area contributed by atoms with Gasteiger partial charge in [-0.3, -0.25) is 19.8 Å². The van der Waals surface area contributed by atoms with E-state index in [0.29, 0.717) is 5.57 Å². The number of aryl methyl sites for hydroxylation is 1. The highest BCUT2D eigenvalue weighted by atomic mass is 16.3. The van der Waals surface area contributed by atoms with Crippen molar-refractivity contribution in [1.29, 1.82) is 0 Å². The Morgan fingerprint density at radius 1 is 1.04 bits per heavy atom. The molecule has 4 rings (SSSR count). The fraction of sp³-hybridized carbons (Fsp3) is 0.0455. The Balaban J connectivity index is 1.90. The molecule has 2 aromatic carbocycles. The molecular formula is C22H17N3O3. The number of H-pyrrole nitrogens is 2. The third-order valence-corrected chi connectivity index (χ3v) is 4.54. The topological polar surface area (TPSA) is 98.3 Å². The molecule has 0 saturated heterocycles. The number of aromatic hydroxyl groups is 1. The molecule has 1 aromatic heterocycles. The zero-order valence-electron chi connectivity index (χ0n) is 15.1. The van der Waals surface area contributed by atoms with Gasteiger partial charge in [0.15, 0.2) is 0 Å². The van der Waals surface area contributed by atoms with Crippen LogP contribution in [0.15, 0.2) is 75.3 Å². The van der Waals surface area contributed by atoms with Gasteiger partial charge in [0, 0.05) is 17.4 Å². The fourth-order valence-corrected chi connectivity index (χ4v) is 3.13. The molecule has 0 bridgehead atoms. The lowest BCUT2D eigenvalue weighted by molar-refractivity contribution is 0.446. The van der Waals surface area contributed by atoms with Gasteiger partial charge < -0.3 is 5.11 Å². The van der Waals surface area contributed by atoms with Gasteiger partial charge in [-0.05, 0) is 24.1 Å². The Morgan fingerprint density at radius 3 is 2.54 bits per heavy atom. The second kappa shape index (κ2) is 7.00. The lowest BCUT2D eigenvalue weighted by Crippen LogP contribution is -2.24. The van der Waals surface area contributed by atoms with Crippen LogP contribution in [0.25, 0.3) is 11.1 Å². The Morgan fingerprint density at radius 2 is 1.79 bits per heavy atom. The Labute approximate surface area is 160 Å². The Bertz CT molecular complexity index is 1260. The van der Waals surface area contributed by atoms with Crippen LogP contribution in [0.5, 0.6) is 5.88 Å². The van der Waals surface area contributed by atoms with Crippen LogP contribution in [0.3, 0.4) is 0 Å². The largest absolute Gasteiger partial charge is 0.494 e. The maximum absolute atomic E-state index is 12.4. The van der Waals surface area contributed by atoms with Crippen LogP contribution in [-0.2, 0) is 0 Å². The summed E-state index contributed by atoms with van der Waals surface area (Å²) < 4.78 is 0. The van der Waals surface area contributed by atoms with Crippen LogP contribution in [0.4, 0.5) is 5.69 Å². The lowest BCUT2D eigenvalue weighted by Gasteiger charge is -2.09. The number of hydrogen-bond donors (Lipinski definition) is 3. The number of para-hydroxylation sites is 1. The molecular weight excluding hydrogens is 354 g/mol. The molecule has 3 aromatic rings. The second-order valence-corrected chi connectivity index (χ2v) is 6.48. The first kappa shape index (κ1) is 17.5. The van der Waals surface area contributed by atoms with Gasteiger partial charge in [0.25, 0.3) is 5.56 Å². The number of aliphatic imine (C=N–C) groups is 1. The standard InChI is InChI=1S/C22H17N3O3/c1-13-6-8-14(9-7-13)17(19-20(26)24-22(28)25-21(19)27)11-10-15-12-23-18-5-3-2-4-16(15)18/h2-12H,1H3,(H3,24,25,26,27,28)/b15-10+,17-11-. The van der Waals surface area contributed by atoms with Crippen molar-refractivity contribution in [3.63, 3.8) is 0 Å². The van der Waals surface area contributed by atoms with Crippen molar-refractivity contribution in [2.45, 2.75) is 6.92 Å². The maximum Gasteiger partial charge on any atom is 0.328 e. The average Bonchev–Trinajstić information content (AvgIpc) is 3.08. The van der Waals surface area contributed by atoms with Gasteiger partial charge in [0.2, 0.25) is 5.88 Å². The van der Waals surface area contributed by atoms with Crippen LogP contribution < -0.4 is 11.2 Å². The molecule has 0 atom stereocenters. The van der Waals surface area contributed by atoms with Crippen molar-refractivity contribution in [3.05, 3.63) is 104 Å². The first-order valence-corrected chi connectivity index (χ1v) is 8.71. The molecule has 2 heterocycles. The normalized spacial score (nSPS) is 14.5. The van der Waals surface area contributed by atoms with Gasteiger partial charge in [0.05, 0.1) is 5.69 Å². The van der Waals surface area contributed by atoms with E-state index >= 15 is 0 Å². The first-order valence-electron chi connectivity index (χ1n) is 8.71. The SMILES string of the molecule is Cc1ccc(/C(=C/C=C2\C=Nc3ccccc32)c2c(O)[nH]c(=O)[nH]c2=O)cc1. The summed E-state index contributed by atoms with van der Waals surface area (Å²) in [6, 6.07) is 15.3. The van der Waals surface area contributed by atoms with Crippen molar-refractivity contribution in [2.75, 3.05) is 0 Å². The van der Waals surface area contributed by atoms with Gasteiger partial charge in [-0.2, -0.15) is 0 Å². The van der Waals surface area contributed by atoms with Crippen molar-refractivity contribution in [3.8, 4) is 5.88 Å². The number of benzene rings is 2. The third-order valence-electron chi connectivity index (χ3n) is 4.54. The molecule has 0 unspecified atom stereocenters. The molecule has 138 valence electrons. The maximum atomic E-state index is 12.4. The number of nitrogens with zero attached hydrogens (tertiary/aromatic N) is 1. The molecule has 0 amide bonds. The number of hydrogen-bond acceptors (Lipinski definition) is 4. The fourth-order valence-electron chi connectivity index (χ4n) is 3.13. The summed E-state index contributed by atoms with van der Waals surface area (Å²) in [5, 5.41) is 10.2. The molecule has 1 aliphatic heterocycles. The smallest absolute Gasteiger partial charge is 0.328 e. The van der Waals surface area contributed by atoms with E-state index in [9.17, 15) is 14.7 Å². The Hall–Kier alpha value is -3.93. The molecule has 1 aliphatic rings. The van der Waals surface area contributed by atoms with E-state index in [2.05, 4.69) is 15.0 Å². The van der Waals surface area contributed by atoms with Crippen LogP contribution in [0.2, 0.25) is 0 Å². The molecule has 0 fully saturated rings. The summed E-state index contributed by atoms with van der Waals surface area (Å²) in [7, 11) is 0. The average molecular weight is 371 g/mol. The van der Waals surface area contributed by atoms with E-state index < -0.39 is 17.1 Å². The number of fused-ring (bicyclic) bond motifs is 1. The van der Waals surface area contributed by atoms with Gasteiger partial charge in [-0.1, -0.05) is 60.2 Å². The van der Waals surface area contributed by atoms with Gasteiger partial charge in [-0.15, -0.1) is 0 Å². The molecule has 0 spiro atoms. The van der Waals surface area contributed by atoms with Crippen LogP contribution in [-0.4, -0.2) is 21.3 Å². The summed E-state index contributed by atoms with van der Waals surface area (Å²) in [4.78, 5) is 32.7. The minimum Gasteiger partial charge on any atom is -0.494 e. The number of allylic oxidation sites excluding steroid dienone is 3. The predicted molar refractivity (Wildman–Crippen MR) is 110 cm³/mol. The monoisotopic (exact) mass is 371 g/mol. The molecule has 6 nitrogen and oxygen atoms in total. The predicted octanol–water partition coefficient (Wildman–Crippen LogP) is 3.31. The van der Waals surface area contributed by atoms with E-state index in [-0.39, 0.29) is 5.56 Å². The first-order chi connectivity index (χ1) is 13.5. The Kier molecular flexibility index (Phi) is 4.37. The van der Waals surface area contributed by atoms with Gasteiger partial charge in [0.1, 0.15) is 5.56 Å². The summed E-state index contributed by atoms with van der Waals surface area (Å²) in [5.74, 6) is -0.473. The third kappa shape index (κ3) is 3.23. The van der Waals surface area contributed by atoms with E-state index in [1.54, 1.807) is 12.3 Å². The van der Waals surface area contributed by atoms with E-state index in [4.69, 9.17) is 0 Å².